The molecule has 5 nitrogen and oxygen atoms in total. The van der Waals surface area contributed by atoms with E-state index in [-0.39, 0.29) is 5.91 Å². The number of hydrogen-bond donors (Lipinski definition) is 1. The van der Waals surface area contributed by atoms with Crippen molar-refractivity contribution >= 4 is 29.0 Å². The lowest BCUT2D eigenvalue weighted by Gasteiger charge is -2.25. The molecule has 0 aliphatic carbocycles. The van der Waals surface area contributed by atoms with Crippen LogP contribution in [0.4, 0.5) is 0 Å². The Balaban J connectivity index is 1.23. The molecule has 3 rings (SSSR count). The molecule has 152 valence electrons. The van der Waals surface area contributed by atoms with Crippen LogP contribution >= 0.6 is 23.1 Å². The predicted octanol–water partition coefficient (Wildman–Crippen LogP) is 4.31. The number of thioether (sulfide) groups is 1. The summed E-state index contributed by atoms with van der Waals surface area (Å²) >= 11 is 3.34. The van der Waals surface area contributed by atoms with Gasteiger partial charge in [0.05, 0.1) is 18.3 Å². The highest BCUT2D eigenvalue weighted by atomic mass is 32.2. The second-order valence-corrected chi connectivity index (χ2v) is 8.78. The van der Waals surface area contributed by atoms with Crippen molar-refractivity contribution < 1.29 is 13.9 Å². The Labute approximate surface area is 175 Å². The Hall–Kier alpha value is -1.70. The Bertz CT molecular complexity index is 722. The van der Waals surface area contributed by atoms with Gasteiger partial charge in [-0.2, -0.15) is 0 Å². The van der Waals surface area contributed by atoms with E-state index in [0.29, 0.717) is 18.9 Å². The van der Waals surface area contributed by atoms with E-state index in [1.54, 1.807) is 35.6 Å². The molecule has 0 saturated carbocycles. The predicted molar refractivity (Wildman–Crippen MR) is 116 cm³/mol. The molecule has 1 aliphatic rings. The van der Waals surface area contributed by atoms with Crippen LogP contribution < -0.4 is 10.1 Å². The van der Waals surface area contributed by atoms with Crippen molar-refractivity contribution in [2.45, 2.75) is 31.6 Å². The van der Waals surface area contributed by atoms with Crippen molar-refractivity contribution in [2.75, 3.05) is 32.0 Å². The number of amides is 1. The van der Waals surface area contributed by atoms with Gasteiger partial charge >= 0.3 is 0 Å². The van der Waals surface area contributed by atoms with Gasteiger partial charge in [0.25, 0.3) is 0 Å². The van der Waals surface area contributed by atoms with Crippen molar-refractivity contribution in [1.29, 1.82) is 0 Å². The number of likely N-dealkylation sites (tertiary alicyclic amines) is 1. The van der Waals surface area contributed by atoms with Crippen LogP contribution in [-0.4, -0.2) is 42.8 Å². The van der Waals surface area contributed by atoms with Gasteiger partial charge in [-0.3, -0.25) is 9.69 Å². The number of ether oxygens (including phenoxy) is 1. The molecule has 0 unspecified atom stereocenters. The maximum Gasteiger partial charge on any atom is 0.230 e. The molecule has 28 heavy (non-hydrogen) atoms. The minimum absolute atomic E-state index is 0.0410. The molecule has 0 bridgehead atoms. The molecule has 3 heterocycles. The zero-order valence-corrected chi connectivity index (χ0v) is 17.7. The standard InChI is InChI=1S/C21H28N2O3S2/c24-21(17-27-15-18-6-11-25-14-18)22-7-2-5-10-26-19-12-20(28-16-19)13-23-8-3-1-4-9-23/h2,5-6,11-12,14,16H,1,3-4,7-10,13,15,17H2,(H,22,24). The van der Waals surface area contributed by atoms with Crippen LogP contribution in [0.2, 0.25) is 0 Å². The summed E-state index contributed by atoms with van der Waals surface area (Å²) in [7, 11) is 0. The minimum atomic E-state index is 0.0410. The van der Waals surface area contributed by atoms with E-state index in [4.69, 9.17) is 9.15 Å². The Morgan fingerprint density at radius 2 is 2.21 bits per heavy atom. The number of carbonyl (C=O) groups is 1. The van der Waals surface area contributed by atoms with E-state index in [9.17, 15) is 4.79 Å². The molecule has 0 radical (unpaired) electrons. The largest absolute Gasteiger partial charge is 0.489 e. The smallest absolute Gasteiger partial charge is 0.230 e. The lowest BCUT2D eigenvalue weighted by molar-refractivity contribution is -0.118. The van der Waals surface area contributed by atoms with Crippen LogP contribution in [0.15, 0.2) is 46.6 Å². The normalized spacial score (nSPS) is 15.1. The van der Waals surface area contributed by atoms with Crippen LogP contribution in [0.1, 0.15) is 29.7 Å². The van der Waals surface area contributed by atoms with Crippen molar-refractivity contribution in [1.82, 2.24) is 10.2 Å². The van der Waals surface area contributed by atoms with Crippen molar-refractivity contribution in [3.8, 4) is 5.75 Å². The number of nitrogens with zero attached hydrogens (tertiary/aromatic N) is 1. The van der Waals surface area contributed by atoms with Gasteiger partial charge in [-0.05, 0) is 44.1 Å². The molecular formula is C21H28N2O3S2. The fourth-order valence-corrected chi connectivity index (χ4v) is 4.65. The Morgan fingerprint density at radius 1 is 1.32 bits per heavy atom. The molecule has 1 N–H and O–H groups in total. The van der Waals surface area contributed by atoms with Crippen LogP contribution in [-0.2, 0) is 17.1 Å². The molecule has 1 aliphatic heterocycles. The van der Waals surface area contributed by atoms with Gasteiger partial charge in [0.2, 0.25) is 5.91 Å². The zero-order chi connectivity index (χ0) is 19.4. The van der Waals surface area contributed by atoms with Gasteiger partial charge in [-0.1, -0.05) is 12.5 Å². The van der Waals surface area contributed by atoms with Crippen LogP contribution in [0.5, 0.6) is 5.75 Å². The fourth-order valence-electron chi connectivity index (χ4n) is 3.01. The lowest BCUT2D eigenvalue weighted by Crippen LogP contribution is -2.28. The molecule has 0 aromatic carbocycles. The zero-order valence-electron chi connectivity index (χ0n) is 16.1. The van der Waals surface area contributed by atoms with Gasteiger partial charge in [0, 0.05) is 34.7 Å². The van der Waals surface area contributed by atoms with Gasteiger partial charge < -0.3 is 14.5 Å². The average molecular weight is 421 g/mol. The molecule has 1 saturated heterocycles. The third-order valence-electron chi connectivity index (χ3n) is 4.47. The Morgan fingerprint density at radius 3 is 3.04 bits per heavy atom. The van der Waals surface area contributed by atoms with Crippen molar-refractivity contribution in [3.63, 3.8) is 0 Å². The summed E-state index contributed by atoms with van der Waals surface area (Å²) < 4.78 is 10.8. The quantitative estimate of drug-likeness (QED) is 0.549. The first-order valence-corrected chi connectivity index (χ1v) is 11.8. The number of carbonyl (C=O) groups excluding carboxylic acids is 1. The van der Waals surface area contributed by atoms with Gasteiger partial charge in [-0.15, -0.1) is 23.1 Å². The lowest BCUT2D eigenvalue weighted by atomic mass is 10.1. The number of nitrogens with one attached hydrogen (secondary N) is 1. The van der Waals surface area contributed by atoms with E-state index in [0.717, 1.165) is 23.6 Å². The van der Waals surface area contributed by atoms with Crippen LogP contribution in [0.25, 0.3) is 0 Å². The van der Waals surface area contributed by atoms with Crippen molar-refractivity contribution in [2.24, 2.45) is 0 Å². The molecule has 2 aromatic rings. The second-order valence-electron chi connectivity index (χ2n) is 6.80. The summed E-state index contributed by atoms with van der Waals surface area (Å²) in [5.41, 5.74) is 1.10. The summed E-state index contributed by atoms with van der Waals surface area (Å²) in [5, 5.41) is 4.96. The SMILES string of the molecule is O=C(CSCc1ccoc1)NCC=CCOc1csc(CN2CCCCC2)c1. The molecule has 2 aromatic heterocycles. The molecule has 0 spiro atoms. The summed E-state index contributed by atoms with van der Waals surface area (Å²) in [6, 6.07) is 4.06. The van der Waals surface area contributed by atoms with Gasteiger partial charge in [0.15, 0.2) is 0 Å². The van der Waals surface area contributed by atoms with Crippen LogP contribution in [0.3, 0.4) is 0 Å². The fraction of sp³-hybridized carbons (Fsp3) is 0.476. The monoisotopic (exact) mass is 420 g/mol. The molecule has 1 amide bonds. The highest BCUT2D eigenvalue weighted by molar-refractivity contribution is 7.99. The summed E-state index contributed by atoms with van der Waals surface area (Å²) in [5.74, 6) is 2.21. The van der Waals surface area contributed by atoms with Crippen molar-refractivity contribution in [3.05, 3.63) is 52.6 Å². The topological polar surface area (TPSA) is 54.7 Å². The van der Waals surface area contributed by atoms with E-state index in [1.165, 1.54) is 37.2 Å². The highest BCUT2D eigenvalue weighted by Crippen LogP contribution is 2.24. The van der Waals surface area contributed by atoms with E-state index in [1.807, 2.05) is 18.2 Å². The molecule has 0 atom stereocenters. The minimum Gasteiger partial charge on any atom is -0.489 e. The second kappa shape index (κ2) is 12.0. The average Bonchev–Trinajstić information content (AvgIpc) is 3.38. The summed E-state index contributed by atoms with van der Waals surface area (Å²) in [4.78, 5) is 15.7. The first-order chi connectivity index (χ1) is 13.8. The van der Waals surface area contributed by atoms with E-state index >= 15 is 0 Å². The third kappa shape index (κ3) is 7.73. The van der Waals surface area contributed by atoms with E-state index in [2.05, 4.69) is 21.7 Å². The maximum atomic E-state index is 11.8. The molecule has 1 fully saturated rings. The molecule has 7 heteroatoms. The number of hydrogen-bond acceptors (Lipinski definition) is 6. The first-order valence-electron chi connectivity index (χ1n) is 9.72. The van der Waals surface area contributed by atoms with E-state index < -0.39 is 0 Å². The summed E-state index contributed by atoms with van der Waals surface area (Å²) in [6.07, 6.45) is 11.2. The van der Waals surface area contributed by atoms with Crippen LogP contribution in [0, 0.1) is 0 Å². The Kier molecular flexibility index (Phi) is 9.00. The maximum absolute atomic E-state index is 11.8. The number of rotatable bonds is 11. The van der Waals surface area contributed by atoms with Gasteiger partial charge in [0.1, 0.15) is 12.4 Å². The first kappa shape index (κ1) is 21.0. The third-order valence-corrected chi connectivity index (χ3v) is 6.37. The number of piperidine rings is 1. The molecular weight excluding hydrogens is 392 g/mol. The number of furan rings is 1. The number of thiophene rings is 1. The summed E-state index contributed by atoms with van der Waals surface area (Å²) in [6.45, 7) is 4.51. The highest BCUT2D eigenvalue weighted by Gasteiger charge is 2.11. The van der Waals surface area contributed by atoms with Gasteiger partial charge in [-0.25, -0.2) is 0 Å².